The maximum atomic E-state index is 12.2. The molecule has 5 heteroatoms. The van der Waals surface area contributed by atoms with E-state index in [0.717, 1.165) is 11.3 Å². The van der Waals surface area contributed by atoms with Crippen LogP contribution < -0.4 is 10.1 Å². The molecule has 0 spiro atoms. The third kappa shape index (κ3) is 3.74. The monoisotopic (exact) mass is 291 g/mol. The van der Waals surface area contributed by atoms with E-state index in [1.165, 1.54) is 0 Å². The fourth-order valence-electron chi connectivity index (χ4n) is 2.77. The Kier molecular flexibility index (Phi) is 4.83. The Morgan fingerprint density at radius 1 is 1.33 bits per heavy atom. The molecule has 3 atom stereocenters. The Morgan fingerprint density at radius 3 is 2.67 bits per heavy atom. The average molecular weight is 291 g/mol. The van der Waals surface area contributed by atoms with Gasteiger partial charge in [0, 0.05) is 5.92 Å². The SMILES string of the molecule is COc1cccc(C(C)NC(=O)C2CCC(C(=O)O)C2)c1. The standard InChI is InChI=1S/C16H21NO4/c1-10(11-4-3-5-14(9-11)21-2)17-15(18)12-6-7-13(8-12)16(19)20/h3-5,9-10,12-13H,6-8H2,1-2H3,(H,17,18)(H,19,20). The van der Waals surface area contributed by atoms with Gasteiger partial charge < -0.3 is 15.2 Å². The number of hydrogen-bond donors (Lipinski definition) is 2. The number of carboxylic acids is 1. The maximum Gasteiger partial charge on any atom is 0.306 e. The first-order valence-corrected chi connectivity index (χ1v) is 7.18. The summed E-state index contributed by atoms with van der Waals surface area (Å²) < 4.78 is 5.17. The van der Waals surface area contributed by atoms with Crippen molar-refractivity contribution in [2.45, 2.75) is 32.2 Å². The third-order valence-corrected chi connectivity index (χ3v) is 4.11. The van der Waals surface area contributed by atoms with Crippen molar-refractivity contribution < 1.29 is 19.4 Å². The van der Waals surface area contributed by atoms with Crippen LogP contribution >= 0.6 is 0 Å². The Morgan fingerprint density at radius 2 is 2.05 bits per heavy atom. The molecule has 1 aromatic carbocycles. The smallest absolute Gasteiger partial charge is 0.306 e. The summed E-state index contributed by atoms with van der Waals surface area (Å²) in [6, 6.07) is 7.43. The number of methoxy groups -OCH3 is 1. The van der Waals surface area contributed by atoms with E-state index in [1.807, 2.05) is 31.2 Å². The molecule has 0 aromatic heterocycles. The molecule has 0 aliphatic heterocycles. The predicted molar refractivity (Wildman–Crippen MR) is 78.0 cm³/mol. The molecule has 1 aliphatic carbocycles. The summed E-state index contributed by atoms with van der Waals surface area (Å²) in [6.07, 6.45) is 1.67. The Balaban J connectivity index is 1.94. The molecule has 0 bridgehead atoms. The van der Waals surface area contributed by atoms with Crippen molar-refractivity contribution >= 4 is 11.9 Å². The van der Waals surface area contributed by atoms with E-state index >= 15 is 0 Å². The molecule has 2 N–H and O–H groups in total. The van der Waals surface area contributed by atoms with Crippen LogP contribution in [-0.4, -0.2) is 24.1 Å². The normalized spacial score (nSPS) is 22.6. The topological polar surface area (TPSA) is 75.6 Å². The number of hydrogen-bond acceptors (Lipinski definition) is 3. The summed E-state index contributed by atoms with van der Waals surface area (Å²) in [4.78, 5) is 23.2. The zero-order valence-corrected chi connectivity index (χ0v) is 12.3. The van der Waals surface area contributed by atoms with Crippen molar-refractivity contribution in [2.75, 3.05) is 7.11 Å². The van der Waals surface area contributed by atoms with E-state index in [9.17, 15) is 9.59 Å². The van der Waals surface area contributed by atoms with E-state index in [1.54, 1.807) is 7.11 Å². The first kappa shape index (κ1) is 15.4. The number of rotatable bonds is 5. The quantitative estimate of drug-likeness (QED) is 0.873. The van der Waals surface area contributed by atoms with Gasteiger partial charge in [-0.05, 0) is 43.9 Å². The highest BCUT2D eigenvalue weighted by Gasteiger charge is 2.34. The first-order chi connectivity index (χ1) is 10.0. The molecular weight excluding hydrogens is 270 g/mol. The lowest BCUT2D eigenvalue weighted by Gasteiger charge is -2.18. The van der Waals surface area contributed by atoms with Crippen LogP contribution in [0.15, 0.2) is 24.3 Å². The van der Waals surface area contributed by atoms with Gasteiger partial charge in [-0.1, -0.05) is 12.1 Å². The molecule has 3 unspecified atom stereocenters. The lowest BCUT2D eigenvalue weighted by Crippen LogP contribution is -2.32. The van der Waals surface area contributed by atoms with Gasteiger partial charge in [0.1, 0.15) is 5.75 Å². The van der Waals surface area contributed by atoms with Gasteiger partial charge in [-0.15, -0.1) is 0 Å². The maximum absolute atomic E-state index is 12.2. The highest BCUT2D eigenvalue weighted by Crippen LogP contribution is 2.31. The number of amides is 1. The van der Waals surface area contributed by atoms with Crippen molar-refractivity contribution in [1.82, 2.24) is 5.32 Å². The van der Waals surface area contributed by atoms with Crippen molar-refractivity contribution in [3.63, 3.8) is 0 Å². The fourth-order valence-corrected chi connectivity index (χ4v) is 2.77. The zero-order chi connectivity index (χ0) is 15.4. The van der Waals surface area contributed by atoms with Crippen LogP contribution in [0.1, 0.15) is 37.8 Å². The van der Waals surface area contributed by atoms with Gasteiger partial charge in [0.2, 0.25) is 5.91 Å². The minimum Gasteiger partial charge on any atom is -0.497 e. The van der Waals surface area contributed by atoms with E-state index in [0.29, 0.717) is 19.3 Å². The van der Waals surface area contributed by atoms with Crippen molar-refractivity contribution in [2.24, 2.45) is 11.8 Å². The van der Waals surface area contributed by atoms with Gasteiger partial charge >= 0.3 is 5.97 Å². The fraction of sp³-hybridized carbons (Fsp3) is 0.500. The summed E-state index contributed by atoms with van der Waals surface area (Å²) in [5.74, 6) is -0.687. The van der Waals surface area contributed by atoms with Gasteiger partial charge in [-0.3, -0.25) is 9.59 Å². The minimum atomic E-state index is -0.800. The number of aliphatic carboxylic acids is 1. The summed E-state index contributed by atoms with van der Waals surface area (Å²) in [5, 5.41) is 11.9. The number of carbonyl (C=O) groups is 2. The van der Waals surface area contributed by atoms with Crippen LogP contribution in [0.4, 0.5) is 0 Å². The second kappa shape index (κ2) is 6.61. The van der Waals surface area contributed by atoms with E-state index in [4.69, 9.17) is 9.84 Å². The molecule has 1 aliphatic rings. The van der Waals surface area contributed by atoms with Crippen molar-refractivity contribution in [3.8, 4) is 5.75 Å². The first-order valence-electron chi connectivity index (χ1n) is 7.18. The van der Waals surface area contributed by atoms with Gasteiger partial charge in [0.15, 0.2) is 0 Å². The van der Waals surface area contributed by atoms with Gasteiger partial charge in [0.05, 0.1) is 19.1 Å². The molecule has 1 saturated carbocycles. The van der Waals surface area contributed by atoms with E-state index < -0.39 is 5.97 Å². The highest BCUT2D eigenvalue weighted by molar-refractivity contribution is 5.81. The summed E-state index contributed by atoms with van der Waals surface area (Å²) >= 11 is 0. The summed E-state index contributed by atoms with van der Waals surface area (Å²) in [7, 11) is 1.60. The molecule has 5 nitrogen and oxygen atoms in total. The molecule has 1 aromatic rings. The van der Waals surface area contributed by atoms with Gasteiger partial charge in [0.25, 0.3) is 0 Å². The number of nitrogens with one attached hydrogen (secondary N) is 1. The third-order valence-electron chi connectivity index (χ3n) is 4.11. The number of benzene rings is 1. The molecule has 0 radical (unpaired) electrons. The van der Waals surface area contributed by atoms with Gasteiger partial charge in [-0.2, -0.15) is 0 Å². The Labute approximate surface area is 124 Å². The molecule has 0 heterocycles. The van der Waals surface area contributed by atoms with Crippen molar-refractivity contribution in [1.29, 1.82) is 0 Å². The highest BCUT2D eigenvalue weighted by atomic mass is 16.5. The lowest BCUT2D eigenvalue weighted by atomic mass is 10.0. The largest absolute Gasteiger partial charge is 0.497 e. The number of carboxylic acid groups (broad SMARTS) is 1. The van der Waals surface area contributed by atoms with Crippen LogP contribution in [0.25, 0.3) is 0 Å². The molecule has 0 saturated heterocycles. The van der Waals surface area contributed by atoms with Crippen LogP contribution in [0.5, 0.6) is 5.75 Å². The van der Waals surface area contributed by atoms with Crippen LogP contribution in [0, 0.1) is 11.8 Å². The van der Waals surface area contributed by atoms with Crippen LogP contribution in [0.3, 0.4) is 0 Å². The van der Waals surface area contributed by atoms with E-state index in [-0.39, 0.29) is 23.8 Å². The van der Waals surface area contributed by atoms with Crippen LogP contribution in [0.2, 0.25) is 0 Å². The zero-order valence-electron chi connectivity index (χ0n) is 12.3. The second-order valence-electron chi connectivity index (χ2n) is 5.55. The summed E-state index contributed by atoms with van der Waals surface area (Å²) in [5.41, 5.74) is 0.968. The second-order valence-corrected chi connectivity index (χ2v) is 5.55. The van der Waals surface area contributed by atoms with Gasteiger partial charge in [-0.25, -0.2) is 0 Å². The molecule has 1 fully saturated rings. The minimum absolute atomic E-state index is 0.0610. The molecule has 21 heavy (non-hydrogen) atoms. The molecular formula is C16H21NO4. The molecule has 114 valence electrons. The van der Waals surface area contributed by atoms with Crippen molar-refractivity contribution in [3.05, 3.63) is 29.8 Å². The lowest BCUT2D eigenvalue weighted by molar-refractivity contribution is -0.141. The average Bonchev–Trinajstić information content (AvgIpc) is 2.97. The van der Waals surface area contributed by atoms with E-state index in [2.05, 4.69) is 5.32 Å². The predicted octanol–water partition coefficient (Wildman–Crippen LogP) is 2.37. The molecule has 2 rings (SSSR count). The Hall–Kier alpha value is -2.04. The Bertz CT molecular complexity index is 529. The summed E-state index contributed by atoms with van der Waals surface area (Å²) in [6.45, 7) is 1.91. The number of carbonyl (C=O) groups excluding carboxylic acids is 1. The molecule has 1 amide bonds. The number of ether oxygens (including phenoxy) is 1. The van der Waals surface area contributed by atoms with Crippen LogP contribution in [-0.2, 0) is 9.59 Å².